The van der Waals surface area contributed by atoms with Gasteiger partial charge in [-0.25, -0.2) is 8.78 Å². The minimum atomic E-state index is -0.589. The molecule has 0 spiro atoms. The van der Waals surface area contributed by atoms with E-state index < -0.39 is 11.6 Å². The Morgan fingerprint density at radius 2 is 1.73 bits per heavy atom. The molecule has 0 radical (unpaired) electrons. The van der Waals surface area contributed by atoms with Crippen LogP contribution in [0.5, 0.6) is 0 Å². The van der Waals surface area contributed by atoms with Crippen molar-refractivity contribution in [3.8, 4) is 0 Å². The van der Waals surface area contributed by atoms with Crippen molar-refractivity contribution in [3.63, 3.8) is 0 Å². The molecule has 1 N–H and O–H groups in total. The molecule has 2 aliphatic heterocycles. The maximum absolute atomic E-state index is 14.8. The molecule has 40 heavy (non-hydrogen) atoms. The number of hydrogen-bond acceptors (Lipinski definition) is 3. The maximum atomic E-state index is 14.8. The van der Waals surface area contributed by atoms with Crippen LogP contribution in [0.25, 0.3) is 0 Å². The lowest BCUT2D eigenvalue weighted by atomic mass is 9.83. The molecule has 0 aliphatic carbocycles. The van der Waals surface area contributed by atoms with Crippen molar-refractivity contribution < 1.29 is 18.4 Å². The zero-order valence-electron chi connectivity index (χ0n) is 24.3. The summed E-state index contributed by atoms with van der Waals surface area (Å²) in [6.45, 7) is 12.6. The number of benzene rings is 2. The smallest absolute Gasteiger partial charge is 0.222 e. The number of nitrogens with one attached hydrogen (secondary N) is 1. The zero-order valence-corrected chi connectivity index (χ0v) is 25.0. The number of hydrogen-bond donors (Lipinski definition) is 1. The topological polar surface area (TPSA) is 52.7 Å². The Labute approximate surface area is 242 Å². The lowest BCUT2D eigenvalue weighted by Crippen LogP contribution is -2.41. The molecule has 3 atom stereocenters. The van der Waals surface area contributed by atoms with Crippen LogP contribution in [-0.2, 0) is 9.59 Å². The third kappa shape index (κ3) is 7.03. The second-order valence-electron chi connectivity index (χ2n) is 12.4. The van der Waals surface area contributed by atoms with Gasteiger partial charge < -0.3 is 10.2 Å². The minimum Gasteiger partial charge on any atom is -0.350 e. The van der Waals surface area contributed by atoms with Gasteiger partial charge in [0.05, 0.1) is 6.04 Å². The highest BCUT2D eigenvalue weighted by molar-refractivity contribution is 6.30. The Bertz CT molecular complexity index is 1220. The monoisotopic (exact) mass is 573 g/mol. The normalized spacial score (nSPS) is 21.4. The molecule has 2 fully saturated rings. The quantitative estimate of drug-likeness (QED) is 0.396. The molecule has 1 unspecified atom stereocenters. The van der Waals surface area contributed by atoms with E-state index >= 15 is 0 Å². The summed E-state index contributed by atoms with van der Waals surface area (Å²) in [6, 6.07) is 9.59. The molecule has 0 bridgehead atoms. The fourth-order valence-corrected chi connectivity index (χ4v) is 6.62. The number of nitrogens with zero attached hydrogens (tertiary/aromatic N) is 2. The summed E-state index contributed by atoms with van der Waals surface area (Å²) in [5.41, 5.74) is 2.60. The predicted molar refractivity (Wildman–Crippen MR) is 155 cm³/mol. The van der Waals surface area contributed by atoms with E-state index in [-0.39, 0.29) is 41.1 Å². The predicted octanol–water partition coefficient (Wildman–Crippen LogP) is 6.82. The second-order valence-corrected chi connectivity index (χ2v) is 12.8. The molecule has 0 aromatic heterocycles. The molecule has 2 heterocycles. The molecule has 4 rings (SSSR count). The van der Waals surface area contributed by atoms with Gasteiger partial charge in [0.2, 0.25) is 11.8 Å². The molecule has 8 heteroatoms. The molecule has 2 amide bonds. The van der Waals surface area contributed by atoms with Crippen LogP contribution in [0.1, 0.15) is 94.9 Å². The average Bonchev–Trinajstić information content (AvgIpc) is 3.31. The van der Waals surface area contributed by atoms with Crippen LogP contribution >= 0.6 is 11.6 Å². The highest BCUT2D eigenvalue weighted by atomic mass is 35.5. The number of halogens is 3. The zero-order chi connectivity index (χ0) is 29.2. The van der Waals surface area contributed by atoms with Crippen molar-refractivity contribution >= 4 is 23.4 Å². The fraction of sp³-hybridized carbons (Fsp3) is 0.562. The van der Waals surface area contributed by atoms with Crippen molar-refractivity contribution in [3.05, 3.63) is 69.7 Å². The molecule has 2 saturated heterocycles. The van der Waals surface area contributed by atoms with Gasteiger partial charge in [-0.15, -0.1) is 0 Å². The number of amides is 2. The number of carbonyl (C=O) groups excluding carboxylic acids is 2. The molecule has 5 nitrogen and oxygen atoms in total. The van der Waals surface area contributed by atoms with Crippen LogP contribution in [0.4, 0.5) is 8.78 Å². The van der Waals surface area contributed by atoms with Crippen molar-refractivity contribution in [2.45, 2.75) is 83.7 Å². The van der Waals surface area contributed by atoms with Crippen LogP contribution in [-0.4, -0.2) is 53.3 Å². The van der Waals surface area contributed by atoms with Gasteiger partial charge in [0.15, 0.2) is 0 Å². The van der Waals surface area contributed by atoms with E-state index in [0.29, 0.717) is 43.2 Å². The number of likely N-dealkylation sites (tertiary alicyclic amines) is 2. The van der Waals surface area contributed by atoms with Crippen molar-refractivity contribution in [2.75, 3.05) is 26.2 Å². The Hall–Kier alpha value is -2.51. The van der Waals surface area contributed by atoms with E-state index in [9.17, 15) is 18.4 Å². The first-order valence-electron chi connectivity index (χ1n) is 14.4. The van der Waals surface area contributed by atoms with Crippen LogP contribution in [0.3, 0.4) is 0 Å². The van der Waals surface area contributed by atoms with E-state index in [0.717, 1.165) is 30.9 Å². The van der Waals surface area contributed by atoms with Crippen molar-refractivity contribution in [2.24, 2.45) is 5.92 Å². The summed E-state index contributed by atoms with van der Waals surface area (Å²) in [6.07, 6.45) is 2.75. The lowest BCUT2D eigenvalue weighted by molar-refractivity contribution is -0.133. The summed E-state index contributed by atoms with van der Waals surface area (Å²) in [7, 11) is 0. The summed E-state index contributed by atoms with van der Waals surface area (Å²) < 4.78 is 28.5. The van der Waals surface area contributed by atoms with E-state index in [1.54, 1.807) is 6.07 Å². The minimum absolute atomic E-state index is 0.0461. The van der Waals surface area contributed by atoms with E-state index in [4.69, 9.17) is 11.6 Å². The molecule has 2 aliphatic rings. The fourth-order valence-electron chi connectivity index (χ4n) is 6.44. The van der Waals surface area contributed by atoms with Gasteiger partial charge in [-0.05, 0) is 86.8 Å². The van der Waals surface area contributed by atoms with Crippen LogP contribution in [0.15, 0.2) is 36.4 Å². The molecule has 0 saturated carbocycles. The third-order valence-electron chi connectivity index (χ3n) is 8.69. The molecule has 2 aromatic carbocycles. The maximum Gasteiger partial charge on any atom is 0.222 e. The summed E-state index contributed by atoms with van der Waals surface area (Å²) in [5, 5.41) is 3.69. The van der Waals surface area contributed by atoms with Crippen molar-refractivity contribution in [1.82, 2.24) is 15.1 Å². The van der Waals surface area contributed by atoms with E-state index in [2.05, 4.69) is 37.1 Å². The first-order valence-corrected chi connectivity index (χ1v) is 14.8. The Morgan fingerprint density at radius 3 is 2.33 bits per heavy atom. The highest BCUT2D eigenvalue weighted by Crippen LogP contribution is 2.40. The van der Waals surface area contributed by atoms with Crippen molar-refractivity contribution in [1.29, 1.82) is 0 Å². The Kier molecular flexibility index (Phi) is 9.56. The summed E-state index contributed by atoms with van der Waals surface area (Å²) in [4.78, 5) is 29.6. The van der Waals surface area contributed by atoms with E-state index in [1.165, 1.54) is 18.6 Å². The summed E-state index contributed by atoms with van der Waals surface area (Å²) in [5.74, 6) is -1.06. The second kappa shape index (κ2) is 12.6. The standard InChI is InChI=1S/C32H42ClF2N3O2/c1-6-30(36-20(2)39)27-16-23(33)7-9-25(27)21-11-13-37(14-12-21)31(40)15-22-18-38(32(3,4)5)19-28(22)26-10-8-24(34)17-29(26)35/h7-10,16-17,21-22,28,30H,6,11-15,18-19H2,1-5H3,(H,36,39)/t22-,28?,30+/m1/s1. The van der Waals surface area contributed by atoms with Gasteiger partial charge in [0.1, 0.15) is 11.6 Å². The number of piperidine rings is 1. The van der Waals surface area contributed by atoms with Crippen LogP contribution in [0, 0.1) is 17.6 Å². The third-order valence-corrected chi connectivity index (χ3v) is 8.92. The van der Waals surface area contributed by atoms with Gasteiger partial charge in [-0.1, -0.05) is 30.7 Å². The molecule has 2 aromatic rings. The van der Waals surface area contributed by atoms with Gasteiger partial charge in [0, 0.05) is 62.1 Å². The SMILES string of the molecule is CC[C@H](NC(C)=O)c1cc(Cl)ccc1C1CCN(C(=O)C[C@@H]2CN(C(C)(C)C)CC2c2ccc(F)cc2F)CC1. The Morgan fingerprint density at radius 1 is 1.05 bits per heavy atom. The van der Waals surface area contributed by atoms with Crippen LogP contribution < -0.4 is 5.32 Å². The largest absolute Gasteiger partial charge is 0.350 e. The average molecular weight is 574 g/mol. The first-order chi connectivity index (χ1) is 18.9. The highest BCUT2D eigenvalue weighted by Gasteiger charge is 2.41. The Balaban J connectivity index is 1.46. The van der Waals surface area contributed by atoms with Gasteiger partial charge >= 0.3 is 0 Å². The number of carbonyl (C=O) groups is 2. The van der Waals surface area contributed by atoms with Crippen LogP contribution in [0.2, 0.25) is 5.02 Å². The van der Waals surface area contributed by atoms with Gasteiger partial charge in [0.25, 0.3) is 0 Å². The van der Waals surface area contributed by atoms with Gasteiger partial charge in [-0.3, -0.25) is 14.5 Å². The molecular formula is C32H42ClF2N3O2. The molecule has 218 valence electrons. The van der Waals surface area contributed by atoms with E-state index in [1.807, 2.05) is 24.0 Å². The van der Waals surface area contributed by atoms with Gasteiger partial charge in [-0.2, -0.15) is 0 Å². The lowest BCUT2D eigenvalue weighted by Gasteiger charge is -2.35. The number of rotatable bonds is 7. The molecular weight excluding hydrogens is 532 g/mol. The summed E-state index contributed by atoms with van der Waals surface area (Å²) >= 11 is 6.34. The first kappa shape index (κ1) is 30.4.